The fourth-order valence-electron chi connectivity index (χ4n) is 1.57. The van der Waals surface area contributed by atoms with Crippen molar-refractivity contribution in [1.82, 2.24) is 0 Å². The molecule has 0 spiro atoms. The maximum atomic E-state index is 12.1. The molecule has 0 aliphatic rings. The minimum absolute atomic E-state index is 0.126. The molecule has 100 valence electrons. The Hall–Kier alpha value is -2.35. The van der Waals surface area contributed by atoms with Crippen LogP contribution in [0.25, 0.3) is 0 Å². The molecule has 0 fully saturated rings. The van der Waals surface area contributed by atoms with Crippen LogP contribution < -0.4 is 4.90 Å². The number of amides is 1. The number of aliphatic carboxylic acids is 1. The van der Waals surface area contributed by atoms with Gasteiger partial charge in [-0.25, -0.2) is 0 Å². The summed E-state index contributed by atoms with van der Waals surface area (Å²) in [5, 5.41) is 18.0. The first-order valence-corrected chi connectivity index (χ1v) is 5.78. The second kappa shape index (κ2) is 5.53. The van der Waals surface area contributed by atoms with E-state index in [0.717, 1.165) is 0 Å². The fourth-order valence-corrected chi connectivity index (χ4v) is 1.57. The molecule has 0 saturated heterocycles. The van der Waals surface area contributed by atoms with Crippen LogP contribution in [0.15, 0.2) is 24.3 Å². The van der Waals surface area contributed by atoms with E-state index in [9.17, 15) is 9.59 Å². The van der Waals surface area contributed by atoms with Gasteiger partial charge < -0.3 is 10.0 Å². The monoisotopic (exact) mass is 260 g/mol. The predicted molar refractivity (Wildman–Crippen MR) is 70.6 cm³/mol. The van der Waals surface area contributed by atoms with Crippen molar-refractivity contribution in [2.75, 3.05) is 11.9 Å². The molecule has 0 saturated carbocycles. The van der Waals surface area contributed by atoms with E-state index in [4.69, 9.17) is 10.4 Å². The van der Waals surface area contributed by atoms with Crippen LogP contribution in [0.3, 0.4) is 0 Å². The second-order valence-electron chi connectivity index (χ2n) is 4.95. The van der Waals surface area contributed by atoms with Crippen LogP contribution in [-0.2, 0) is 9.59 Å². The Bertz CT molecular complexity index is 544. The number of hydrogen-bond donors (Lipinski definition) is 1. The lowest BCUT2D eigenvalue weighted by Crippen LogP contribution is -2.35. The molecule has 19 heavy (non-hydrogen) atoms. The van der Waals surface area contributed by atoms with Gasteiger partial charge in [0.15, 0.2) is 0 Å². The van der Waals surface area contributed by atoms with Crippen LogP contribution in [0.2, 0.25) is 0 Å². The first-order valence-electron chi connectivity index (χ1n) is 5.78. The average molecular weight is 260 g/mol. The highest BCUT2D eigenvalue weighted by molar-refractivity contribution is 5.96. The topological polar surface area (TPSA) is 81.4 Å². The molecule has 0 heterocycles. The van der Waals surface area contributed by atoms with E-state index >= 15 is 0 Å². The molecule has 0 unspecified atom stereocenters. The molecule has 5 nitrogen and oxygen atoms in total. The quantitative estimate of drug-likeness (QED) is 0.898. The van der Waals surface area contributed by atoms with Crippen molar-refractivity contribution in [3.8, 4) is 6.07 Å². The molecule has 0 aliphatic heterocycles. The standard InChI is InChI=1S/C14H16N2O3/c1-14(2,13(18)19)8-12(17)16(3)11-7-5-4-6-10(11)9-15/h4-7H,8H2,1-3H3,(H,18,19). The van der Waals surface area contributed by atoms with Crippen LogP contribution in [-0.4, -0.2) is 24.0 Å². The summed E-state index contributed by atoms with van der Waals surface area (Å²) in [6, 6.07) is 8.71. The van der Waals surface area contributed by atoms with E-state index in [1.54, 1.807) is 24.3 Å². The Kier molecular flexibility index (Phi) is 4.28. The Labute approximate surface area is 112 Å². The van der Waals surface area contributed by atoms with Gasteiger partial charge in [0, 0.05) is 13.5 Å². The number of hydrogen-bond acceptors (Lipinski definition) is 3. The van der Waals surface area contributed by atoms with Crippen molar-refractivity contribution in [1.29, 1.82) is 5.26 Å². The van der Waals surface area contributed by atoms with Crippen LogP contribution in [0, 0.1) is 16.7 Å². The third-order valence-electron chi connectivity index (χ3n) is 2.93. The third-order valence-corrected chi connectivity index (χ3v) is 2.93. The number of nitrogens with zero attached hydrogens (tertiary/aromatic N) is 2. The Balaban J connectivity index is 2.95. The molecule has 1 aromatic carbocycles. The van der Waals surface area contributed by atoms with Crippen LogP contribution >= 0.6 is 0 Å². The number of nitriles is 1. The van der Waals surface area contributed by atoms with Gasteiger partial charge in [-0.3, -0.25) is 9.59 Å². The zero-order valence-electron chi connectivity index (χ0n) is 11.2. The summed E-state index contributed by atoms with van der Waals surface area (Å²) in [6.07, 6.45) is -0.126. The van der Waals surface area contributed by atoms with E-state index in [1.807, 2.05) is 6.07 Å². The summed E-state index contributed by atoms with van der Waals surface area (Å²) in [5.74, 6) is -1.36. The number of benzene rings is 1. The van der Waals surface area contributed by atoms with Crippen LogP contribution in [0.1, 0.15) is 25.8 Å². The summed E-state index contributed by atoms with van der Waals surface area (Å²) in [4.78, 5) is 24.4. The van der Waals surface area contributed by atoms with Crippen molar-refractivity contribution >= 4 is 17.6 Å². The zero-order valence-corrected chi connectivity index (χ0v) is 11.2. The minimum atomic E-state index is -1.13. The summed E-state index contributed by atoms with van der Waals surface area (Å²) >= 11 is 0. The highest BCUT2D eigenvalue weighted by Crippen LogP contribution is 2.25. The van der Waals surface area contributed by atoms with Crippen molar-refractivity contribution < 1.29 is 14.7 Å². The van der Waals surface area contributed by atoms with Crippen molar-refractivity contribution in [3.63, 3.8) is 0 Å². The van der Waals surface area contributed by atoms with Crippen LogP contribution in [0.5, 0.6) is 0 Å². The molecule has 1 rings (SSSR count). The van der Waals surface area contributed by atoms with E-state index in [2.05, 4.69) is 0 Å². The van der Waals surface area contributed by atoms with Gasteiger partial charge in [-0.1, -0.05) is 12.1 Å². The third kappa shape index (κ3) is 3.32. The van der Waals surface area contributed by atoms with Crippen molar-refractivity contribution in [2.45, 2.75) is 20.3 Å². The first kappa shape index (κ1) is 14.7. The summed E-state index contributed by atoms with van der Waals surface area (Å²) < 4.78 is 0. The Morgan fingerprint density at radius 2 is 1.95 bits per heavy atom. The molecule has 0 radical (unpaired) electrons. The first-order chi connectivity index (χ1) is 8.79. The van der Waals surface area contributed by atoms with Gasteiger partial charge >= 0.3 is 5.97 Å². The van der Waals surface area contributed by atoms with Gasteiger partial charge in [0.25, 0.3) is 0 Å². The number of carbonyl (C=O) groups is 2. The maximum Gasteiger partial charge on any atom is 0.309 e. The maximum absolute atomic E-state index is 12.1. The number of carboxylic acid groups (broad SMARTS) is 1. The van der Waals surface area contributed by atoms with Gasteiger partial charge in [0.1, 0.15) is 6.07 Å². The molecular formula is C14H16N2O3. The molecule has 0 aromatic heterocycles. The second-order valence-corrected chi connectivity index (χ2v) is 4.95. The molecule has 0 bridgehead atoms. The molecule has 5 heteroatoms. The Morgan fingerprint density at radius 3 is 2.47 bits per heavy atom. The highest BCUT2D eigenvalue weighted by Gasteiger charge is 2.31. The zero-order chi connectivity index (χ0) is 14.6. The van der Waals surface area contributed by atoms with Crippen molar-refractivity contribution in [3.05, 3.63) is 29.8 Å². The lowest BCUT2D eigenvalue weighted by atomic mass is 9.89. The molecular weight excluding hydrogens is 244 g/mol. The largest absolute Gasteiger partial charge is 0.481 e. The molecule has 1 aromatic rings. The molecule has 0 aliphatic carbocycles. The van der Waals surface area contributed by atoms with Gasteiger partial charge in [-0.05, 0) is 26.0 Å². The van der Waals surface area contributed by atoms with E-state index in [0.29, 0.717) is 11.3 Å². The van der Waals surface area contributed by atoms with Gasteiger partial charge in [0.2, 0.25) is 5.91 Å². The number of anilines is 1. The number of rotatable bonds is 4. The number of para-hydroxylation sites is 1. The van der Waals surface area contributed by atoms with Gasteiger partial charge in [-0.2, -0.15) is 5.26 Å². The lowest BCUT2D eigenvalue weighted by molar-refractivity contribution is -0.149. The van der Waals surface area contributed by atoms with E-state index in [1.165, 1.54) is 25.8 Å². The fraction of sp³-hybridized carbons (Fsp3) is 0.357. The number of carboxylic acids is 1. The highest BCUT2D eigenvalue weighted by atomic mass is 16.4. The SMILES string of the molecule is CN(C(=O)CC(C)(C)C(=O)O)c1ccccc1C#N. The molecule has 1 amide bonds. The molecule has 0 atom stereocenters. The molecule has 1 N–H and O–H groups in total. The van der Waals surface area contributed by atoms with Crippen molar-refractivity contribution in [2.24, 2.45) is 5.41 Å². The summed E-state index contributed by atoms with van der Waals surface area (Å²) in [6.45, 7) is 2.99. The van der Waals surface area contributed by atoms with Crippen LogP contribution in [0.4, 0.5) is 5.69 Å². The summed E-state index contributed by atoms with van der Waals surface area (Å²) in [7, 11) is 1.54. The van der Waals surface area contributed by atoms with Gasteiger partial charge in [-0.15, -0.1) is 0 Å². The van der Waals surface area contributed by atoms with Gasteiger partial charge in [0.05, 0.1) is 16.7 Å². The van der Waals surface area contributed by atoms with E-state index in [-0.39, 0.29) is 12.3 Å². The van der Waals surface area contributed by atoms with E-state index < -0.39 is 11.4 Å². The average Bonchev–Trinajstić information content (AvgIpc) is 2.37. The lowest BCUT2D eigenvalue weighted by Gasteiger charge is -2.24. The minimum Gasteiger partial charge on any atom is -0.481 e. The summed E-state index contributed by atoms with van der Waals surface area (Å²) in [5.41, 5.74) is -0.268. The predicted octanol–water partition coefficient (Wildman–Crippen LogP) is 2.02. The normalized spacial score (nSPS) is 10.6. The smallest absolute Gasteiger partial charge is 0.309 e. The number of carbonyl (C=O) groups excluding carboxylic acids is 1. The Morgan fingerprint density at radius 1 is 1.37 bits per heavy atom.